The first-order valence-electron chi connectivity index (χ1n) is 5.87. The number of para-hydroxylation sites is 1. The molecule has 1 aromatic carbocycles. The number of carbonyl (C=O) groups excluding carboxylic acids is 1. The normalized spacial score (nSPS) is 12.5. The first-order chi connectivity index (χ1) is 9.08. The van der Waals surface area contributed by atoms with E-state index in [-0.39, 0.29) is 18.6 Å². The predicted octanol–water partition coefficient (Wildman–Crippen LogP) is -0.536. The van der Waals surface area contributed by atoms with Gasteiger partial charge in [0.1, 0.15) is 6.10 Å². The summed E-state index contributed by atoms with van der Waals surface area (Å²) in [5.74, 6) is -0.792. The van der Waals surface area contributed by atoms with Crippen molar-refractivity contribution >= 4 is 16.8 Å². The fourth-order valence-electron chi connectivity index (χ4n) is 1.77. The number of nitrogens with one attached hydrogen (secondary N) is 2. The molecule has 100 valence electrons. The number of hydrogen-bond donors (Lipinski definition) is 4. The molecule has 2 aromatic rings. The first-order valence-corrected chi connectivity index (χ1v) is 5.87. The van der Waals surface area contributed by atoms with Crippen LogP contribution in [0.4, 0.5) is 0 Å². The van der Waals surface area contributed by atoms with Crippen LogP contribution in [-0.4, -0.2) is 28.6 Å². The largest absolute Gasteiger partial charge is 0.382 e. The Balaban J connectivity index is 2.10. The third-order valence-corrected chi connectivity index (χ3v) is 2.81. The molecule has 1 atom stereocenters. The average Bonchev–Trinajstić information content (AvgIpc) is 2.39. The van der Waals surface area contributed by atoms with Crippen molar-refractivity contribution in [1.29, 1.82) is 0 Å². The fraction of sp³-hybridized carbons (Fsp3) is 0.231. The second-order valence-electron chi connectivity index (χ2n) is 4.26. The first kappa shape index (κ1) is 13.3. The lowest BCUT2D eigenvalue weighted by molar-refractivity contribution is -0.125. The number of aliphatic hydroxyl groups is 1. The zero-order valence-corrected chi connectivity index (χ0v) is 10.2. The van der Waals surface area contributed by atoms with Crippen molar-refractivity contribution < 1.29 is 9.90 Å². The minimum absolute atomic E-state index is 0.0155. The Morgan fingerprint density at radius 2 is 2.16 bits per heavy atom. The molecule has 0 radical (unpaired) electrons. The van der Waals surface area contributed by atoms with E-state index < -0.39 is 12.0 Å². The van der Waals surface area contributed by atoms with Gasteiger partial charge in [-0.25, -0.2) is 0 Å². The second-order valence-corrected chi connectivity index (χ2v) is 4.26. The Hall–Kier alpha value is -2.18. The van der Waals surface area contributed by atoms with Crippen molar-refractivity contribution in [2.45, 2.75) is 12.6 Å². The van der Waals surface area contributed by atoms with Crippen molar-refractivity contribution in [3.05, 3.63) is 46.2 Å². The standard InChI is InChI=1S/C13H15N3O3/c14-12(18)11(17)7-15-6-9-5-8-3-1-2-4-10(8)16-13(9)19/h1-5,11,15,17H,6-7H2,(H2,14,18)(H,16,19). The highest BCUT2D eigenvalue weighted by molar-refractivity contribution is 5.79. The summed E-state index contributed by atoms with van der Waals surface area (Å²) < 4.78 is 0. The second kappa shape index (κ2) is 5.64. The molecule has 1 heterocycles. The van der Waals surface area contributed by atoms with E-state index in [4.69, 9.17) is 5.73 Å². The highest BCUT2D eigenvalue weighted by atomic mass is 16.3. The molecule has 1 amide bonds. The number of H-pyrrole nitrogens is 1. The number of nitrogens with two attached hydrogens (primary N) is 1. The SMILES string of the molecule is NC(=O)C(O)CNCc1cc2ccccc2[nH]c1=O. The van der Waals surface area contributed by atoms with Crippen LogP contribution in [0.5, 0.6) is 0 Å². The number of primary amides is 1. The van der Waals surface area contributed by atoms with Crippen LogP contribution < -0.4 is 16.6 Å². The maximum Gasteiger partial charge on any atom is 0.252 e. The van der Waals surface area contributed by atoms with Gasteiger partial charge in [-0.2, -0.15) is 0 Å². The molecule has 0 saturated heterocycles. The van der Waals surface area contributed by atoms with Gasteiger partial charge in [0.05, 0.1) is 0 Å². The van der Waals surface area contributed by atoms with Crippen molar-refractivity contribution in [1.82, 2.24) is 10.3 Å². The summed E-state index contributed by atoms with van der Waals surface area (Å²) in [4.78, 5) is 25.2. The van der Waals surface area contributed by atoms with Crippen LogP contribution in [0.1, 0.15) is 5.56 Å². The van der Waals surface area contributed by atoms with Gasteiger partial charge in [0.25, 0.3) is 5.56 Å². The lowest BCUT2D eigenvalue weighted by Gasteiger charge is -2.08. The number of benzene rings is 1. The summed E-state index contributed by atoms with van der Waals surface area (Å²) in [6.07, 6.45) is -1.25. The number of amides is 1. The molecule has 0 aliphatic heterocycles. The molecule has 0 spiro atoms. The number of aromatic amines is 1. The number of aliphatic hydroxyl groups excluding tert-OH is 1. The van der Waals surface area contributed by atoms with E-state index >= 15 is 0 Å². The molecular formula is C13H15N3O3. The van der Waals surface area contributed by atoms with Gasteiger partial charge in [0.2, 0.25) is 5.91 Å². The summed E-state index contributed by atoms with van der Waals surface area (Å²) in [6, 6.07) is 9.23. The third kappa shape index (κ3) is 3.18. The van der Waals surface area contributed by atoms with Gasteiger partial charge in [-0.1, -0.05) is 18.2 Å². The van der Waals surface area contributed by atoms with E-state index in [1.165, 1.54) is 0 Å². The molecule has 5 N–H and O–H groups in total. The Morgan fingerprint density at radius 1 is 1.42 bits per heavy atom. The Labute approximate surface area is 109 Å². The summed E-state index contributed by atoms with van der Waals surface area (Å²) >= 11 is 0. The molecule has 2 rings (SSSR count). The highest BCUT2D eigenvalue weighted by Gasteiger charge is 2.10. The predicted molar refractivity (Wildman–Crippen MR) is 71.5 cm³/mol. The van der Waals surface area contributed by atoms with Crippen molar-refractivity contribution in [3.8, 4) is 0 Å². The van der Waals surface area contributed by atoms with Crippen LogP contribution in [0.3, 0.4) is 0 Å². The van der Waals surface area contributed by atoms with Gasteiger partial charge >= 0.3 is 0 Å². The Bertz CT molecular complexity index is 651. The molecule has 0 bridgehead atoms. The smallest absolute Gasteiger partial charge is 0.252 e. The number of rotatable bonds is 5. The van der Waals surface area contributed by atoms with Gasteiger partial charge in [0, 0.05) is 24.2 Å². The van der Waals surface area contributed by atoms with Gasteiger partial charge in [-0.15, -0.1) is 0 Å². The number of pyridine rings is 1. The van der Waals surface area contributed by atoms with Gasteiger partial charge in [-0.05, 0) is 17.5 Å². The van der Waals surface area contributed by atoms with Gasteiger partial charge in [0.15, 0.2) is 0 Å². The molecule has 0 aliphatic carbocycles. The molecule has 0 fully saturated rings. The minimum atomic E-state index is -1.25. The molecule has 1 unspecified atom stereocenters. The molecule has 6 heteroatoms. The summed E-state index contributed by atoms with van der Waals surface area (Å²) in [5, 5.41) is 13.0. The Morgan fingerprint density at radius 3 is 2.89 bits per heavy atom. The number of hydrogen-bond acceptors (Lipinski definition) is 4. The number of aromatic nitrogens is 1. The molecule has 1 aromatic heterocycles. The lowest BCUT2D eigenvalue weighted by Crippen LogP contribution is -2.38. The van der Waals surface area contributed by atoms with Crippen LogP contribution in [-0.2, 0) is 11.3 Å². The van der Waals surface area contributed by atoms with E-state index in [9.17, 15) is 14.7 Å². The van der Waals surface area contributed by atoms with Gasteiger partial charge in [-0.3, -0.25) is 9.59 Å². The van der Waals surface area contributed by atoms with Crippen molar-refractivity contribution in [2.24, 2.45) is 5.73 Å². The maximum atomic E-state index is 11.8. The zero-order chi connectivity index (χ0) is 13.8. The minimum Gasteiger partial charge on any atom is -0.382 e. The monoisotopic (exact) mass is 261 g/mol. The average molecular weight is 261 g/mol. The van der Waals surface area contributed by atoms with E-state index in [1.807, 2.05) is 24.3 Å². The van der Waals surface area contributed by atoms with Crippen molar-refractivity contribution in [3.63, 3.8) is 0 Å². The summed E-state index contributed by atoms with van der Waals surface area (Å²) in [5.41, 5.74) is 6.04. The van der Waals surface area contributed by atoms with E-state index in [1.54, 1.807) is 6.07 Å². The molecule has 0 saturated carbocycles. The third-order valence-electron chi connectivity index (χ3n) is 2.81. The topological polar surface area (TPSA) is 108 Å². The molecule has 19 heavy (non-hydrogen) atoms. The van der Waals surface area contributed by atoms with Crippen molar-refractivity contribution in [2.75, 3.05) is 6.54 Å². The van der Waals surface area contributed by atoms with Crippen LogP contribution in [0.15, 0.2) is 35.1 Å². The number of fused-ring (bicyclic) bond motifs is 1. The van der Waals surface area contributed by atoms with Crippen LogP contribution in [0.2, 0.25) is 0 Å². The summed E-state index contributed by atoms with van der Waals surface area (Å²) in [7, 11) is 0. The van der Waals surface area contributed by atoms with Gasteiger partial charge < -0.3 is 21.1 Å². The zero-order valence-electron chi connectivity index (χ0n) is 10.2. The molecule has 0 aliphatic rings. The highest BCUT2D eigenvalue weighted by Crippen LogP contribution is 2.09. The Kier molecular flexibility index (Phi) is 3.94. The molecular weight excluding hydrogens is 246 g/mol. The van der Waals surface area contributed by atoms with Crippen LogP contribution >= 0.6 is 0 Å². The number of carbonyl (C=O) groups is 1. The van der Waals surface area contributed by atoms with E-state index in [0.717, 1.165) is 10.9 Å². The van der Waals surface area contributed by atoms with Crippen LogP contribution in [0.25, 0.3) is 10.9 Å². The summed E-state index contributed by atoms with van der Waals surface area (Å²) in [6.45, 7) is 0.270. The van der Waals surface area contributed by atoms with Crippen LogP contribution in [0, 0.1) is 0 Å². The lowest BCUT2D eigenvalue weighted by atomic mass is 10.1. The maximum absolute atomic E-state index is 11.8. The molecule has 6 nitrogen and oxygen atoms in total. The van der Waals surface area contributed by atoms with E-state index in [2.05, 4.69) is 10.3 Å². The van der Waals surface area contributed by atoms with E-state index in [0.29, 0.717) is 5.56 Å². The quantitative estimate of drug-likeness (QED) is 0.580. The fourth-order valence-corrected chi connectivity index (χ4v) is 1.77.